The van der Waals surface area contributed by atoms with Gasteiger partial charge in [0.2, 0.25) is 0 Å². The van der Waals surface area contributed by atoms with Crippen LogP contribution in [0.1, 0.15) is 0 Å². The number of nitrogens with one attached hydrogen (secondary N) is 1. The molecule has 1 aliphatic heterocycles. The minimum absolute atomic E-state index is 0.511. The molecule has 1 saturated heterocycles. The number of aliphatic hydroxyl groups excluding tert-OH is 4. The number of hydrogen-bond acceptors (Lipinski definition) is 7. The highest BCUT2D eigenvalue weighted by Gasteiger charge is 2.43. The quantitative estimate of drug-likeness (QED) is 0.281. The Morgan fingerprint density at radius 1 is 1.20 bits per heavy atom. The molecule has 1 aliphatic rings. The van der Waals surface area contributed by atoms with Gasteiger partial charge in [0.05, 0.1) is 12.6 Å². The van der Waals surface area contributed by atoms with Crippen LogP contribution in [0.3, 0.4) is 0 Å². The van der Waals surface area contributed by atoms with Crippen molar-refractivity contribution in [2.24, 2.45) is 0 Å². The maximum absolute atomic E-state index is 10.3. The van der Waals surface area contributed by atoms with Crippen molar-refractivity contribution in [1.82, 2.24) is 5.32 Å². The van der Waals surface area contributed by atoms with Gasteiger partial charge in [0.15, 0.2) is 6.23 Å². The predicted molar refractivity (Wildman–Crippen MR) is 47.7 cm³/mol. The van der Waals surface area contributed by atoms with E-state index in [1.165, 1.54) is 0 Å². The maximum Gasteiger partial charge on any atom is 0.303 e. The minimum Gasteiger partial charge on any atom is -0.395 e. The van der Waals surface area contributed by atoms with E-state index in [4.69, 9.17) is 9.66 Å². The van der Waals surface area contributed by atoms with Crippen molar-refractivity contribution in [3.05, 3.63) is 0 Å². The average Bonchev–Trinajstić information content (AvgIpc) is 2.18. The number of aliphatic hydroxyl groups is 4. The monoisotopic (exact) mass is 243 g/mol. The lowest BCUT2D eigenvalue weighted by Crippen LogP contribution is -2.66. The van der Waals surface area contributed by atoms with Crippen LogP contribution in [0.4, 0.5) is 0 Å². The molecule has 6 N–H and O–H groups in total. The van der Waals surface area contributed by atoms with Gasteiger partial charge in [-0.25, -0.2) is 4.18 Å². The summed E-state index contributed by atoms with van der Waals surface area (Å²) in [6.07, 6.45) is -5.82. The Kier molecular flexibility index (Phi) is 4.55. The zero-order valence-electron chi connectivity index (χ0n) is 7.55. The van der Waals surface area contributed by atoms with E-state index in [0.717, 1.165) is 0 Å². The first-order valence-corrected chi connectivity index (χ1v) is 5.19. The zero-order valence-corrected chi connectivity index (χ0v) is 8.37. The Labute approximate surface area is 88.0 Å². The number of rotatable bonds is 3. The van der Waals surface area contributed by atoms with Gasteiger partial charge in [-0.3, -0.25) is 9.87 Å². The number of piperidine rings is 1. The molecule has 0 spiro atoms. The van der Waals surface area contributed by atoms with Gasteiger partial charge < -0.3 is 20.4 Å². The lowest BCUT2D eigenvalue weighted by molar-refractivity contribution is -0.153. The van der Waals surface area contributed by atoms with E-state index in [1.807, 2.05) is 0 Å². The lowest BCUT2D eigenvalue weighted by Gasteiger charge is -2.39. The predicted octanol–water partition coefficient (Wildman–Crippen LogP) is -3.49. The molecule has 0 saturated carbocycles. The molecule has 9 heteroatoms. The molecule has 90 valence electrons. The van der Waals surface area contributed by atoms with E-state index in [2.05, 4.69) is 9.50 Å². The highest BCUT2D eigenvalue weighted by atomic mass is 32.2. The third-order valence-corrected chi connectivity index (χ3v) is 2.56. The van der Waals surface area contributed by atoms with Crippen molar-refractivity contribution >= 4 is 11.4 Å². The molecule has 0 aromatic heterocycles. The summed E-state index contributed by atoms with van der Waals surface area (Å²) in [5, 5.41) is 39.2. The maximum atomic E-state index is 10.3. The second kappa shape index (κ2) is 5.27. The van der Waals surface area contributed by atoms with Crippen molar-refractivity contribution in [1.29, 1.82) is 0 Å². The fourth-order valence-electron chi connectivity index (χ4n) is 1.36. The third-order valence-electron chi connectivity index (χ3n) is 2.18. The van der Waals surface area contributed by atoms with E-state index in [-0.39, 0.29) is 0 Å². The molecule has 1 heterocycles. The van der Waals surface area contributed by atoms with E-state index in [1.54, 1.807) is 0 Å². The third kappa shape index (κ3) is 2.92. The molecular formula is C6H13NO7S. The lowest BCUT2D eigenvalue weighted by atomic mass is 9.95. The summed E-state index contributed by atoms with van der Waals surface area (Å²) in [7, 11) is 0. The van der Waals surface area contributed by atoms with Crippen LogP contribution in [0.5, 0.6) is 0 Å². The molecule has 0 bridgehead atoms. The van der Waals surface area contributed by atoms with E-state index >= 15 is 0 Å². The van der Waals surface area contributed by atoms with Crippen LogP contribution in [0, 0.1) is 0 Å². The Hall–Kier alpha value is -0.130. The Balaban J connectivity index is 2.69. The van der Waals surface area contributed by atoms with Crippen LogP contribution in [0.25, 0.3) is 0 Å². The van der Waals surface area contributed by atoms with Crippen LogP contribution >= 0.6 is 0 Å². The van der Waals surface area contributed by atoms with Crippen LogP contribution in [0.15, 0.2) is 0 Å². The van der Waals surface area contributed by atoms with Crippen LogP contribution < -0.4 is 5.32 Å². The first-order chi connectivity index (χ1) is 6.97. The highest BCUT2D eigenvalue weighted by molar-refractivity contribution is 7.74. The molecule has 8 nitrogen and oxygen atoms in total. The van der Waals surface area contributed by atoms with E-state index in [9.17, 15) is 19.5 Å². The molecule has 1 fully saturated rings. The van der Waals surface area contributed by atoms with Gasteiger partial charge in [-0.1, -0.05) is 0 Å². The first kappa shape index (κ1) is 12.9. The van der Waals surface area contributed by atoms with Crippen molar-refractivity contribution in [3.8, 4) is 0 Å². The summed E-state index contributed by atoms with van der Waals surface area (Å²) in [6, 6.07) is -0.933. The number of hydrogen-bond donors (Lipinski definition) is 6. The van der Waals surface area contributed by atoms with Gasteiger partial charge in [0.1, 0.15) is 18.3 Å². The van der Waals surface area contributed by atoms with Gasteiger partial charge >= 0.3 is 11.4 Å². The van der Waals surface area contributed by atoms with Gasteiger partial charge in [-0.2, -0.15) is 4.21 Å². The van der Waals surface area contributed by atoms with E-state index in [0.29, 0.717) is 0 Å². The van der Waals surface area contributed by atoms with Gasteiger partial charge in [0.25, 0.3) is 0 Å². The summed E-state index contributed by atoms with van der Waals surface area (Å²) in [5.41, 5.74) is 0. The molecule has 1 unspecified atom stereocenters. The molecule has 6 atom stereocenters. The molecule has 0 aromatic carbocycles. The minimum atomic E-state index is -2.62. The fourth-order valence-corrected chi connectivity index (χ4v) is 1.71. The average molecular weight is 243 g/mol. The van der Waals surface area contributed by atoms with Crippen LogP contribution in [0.2, 0.25) is 0 Å². The van der Waals surface area contributed by atoms with Crippen molar-refractivity contribution in [3.63, 3.8) is 0 Å². The molecule has 0 aliphatic carbocycles. The van der Waals surface area contributed by atoms with Crippen LogP contribution in [-0.2, 0) is 15.5 Å². The molecule has 0 amide bonds. The fraction of sp³-hybridized carbons (Fsp3) is 1.00. The normalized spacial score (nSPS) is 43.9. The van der Waals surface area contributed by atoms with Gasteiger partial charge in [-0.05, 0) is 0 Å². The zero-order chi connectivity index (χ0) is 11.6. The topological polar surface area (TPSA) is 139 Å². The first-order valence-electron chi connectivity index (χ1n) is 4.16. The SMILES string of the molecule is O=S(O)O[C@@H]1N[C@@H](CO)[C@H](O)[C@@H](O)[C@@H]1O. The van der Waals surface area contributed by atoms with Crippen LogP contribution in [-0.4, -0.2) is 66.4 Å². The summed E-state index contributed by atoms with van der Waals surface area (Å²) in [6.45, 7) is -0.511. The molecule has 0 aromatic rings. The van der Waals surface area contributed by atoms with Crippen molar-refractivity contribution in [2.45, 2.75) is 30.6 Å². The largest absolute Gasteiger partial charge is 0.395 e. The molecule has 1 rings (SSSR count). The second-order valence-corrected chi connectivity index (χ2v) is 3.79. The Morgan fingerprint density at radius 3 is 2.27 bits per heavy atom. The summed E-state index contributed by atoms with van der Waals surface area (Å²) in [4.78, 5) is 0. The second-order valence-electron chi connectivity index (χ2n) is 3.16. The van der Waals surface area contributed by atoms with E-state index < -0.39 is 48.5 Å². The van der Waals surface area contributed by atoms with Gasteiger partial charge in [-0.15, -0.1) is 0 Å². The van der Waals surface area contributed by atoms with Crippen molar-refractivity contribution in [2.75, 3.05) is 6.61 Å². The Bertz CT molecular complexity index is 238. The summed E-state index contributed by atoms with van der Waals surface area (Å²) in [5.74, 6) is 0. The summed E-state index contributed by atoms with van der Waals surface area (Å²) < 4.78 is 23.1. The molecule has 0 radical (unpaired) electrons. The van der Waals surface area contributed by atoms with Crippen molar-refractivity contribution < 1.29 is 33.4 Å². The summed E-state index contributed by atoms with van der Waals surface area (Å²) >= 11 is -2.62. The molecule has 15 heavy (non-hydrogen) atoms. The smallest absolute Gasteiger partial charge is 0.303 e. The molecular weight excluding hydrogens is 230 g/mol. The van der Waals surface area contributed by atoms with Gasteiger partial charge in [0, 0.05) is 0 Å². The Morgan fingerprint density at radius 2 is 1.80 bits per heavy atom. The highest BCUT2D eigenvalue weighted by Crippen LogP contribution is 2.16. The standard InChI is InChI=1S/C6H13NO7S/c8-1-2-3(9)4(10)5(11)6(7-2)14-15(12)13/h2-11H,1H2,(H,12,13)/t2-,3-,4+,5-,6-/m0/s1.